The van der Waals surface area contributed by atoms with Crippen molar-refractivity contribution in [3.63, 3.8) is 0 Å². The summed E-state index contributed by atoms with van der Waals surface area (Å²) in [5.41, 5.74) is 12.1. The molecule has 4 aliphatic heterocycles. The van der Waals surface area contributed by atoms with Crippen LogP contribution in [-0.4, -0.2) is 67.4 Å². The molecule has 0 atom stereocenters. The van der Waals surface area contributed by atoms with Crippen molar-refractivity contribution in [3.8, 4) is 0 Å². The van der Waals surface area contributed by atoms with Gasteiger partial charge in [0, 0.05) is 96.3 Å². The first-order chi connectivity index (χ1) is 68.7. The number of hydrogen-bond donors (Lipinski definition) is 0. The summed E-state index contributed by atoms with van der Waals surface area (Å²) in [6.45, 7) is 31.6. The van der Waals surface area contributed by atoms with E-state index in [1.54, 1.807) is 67.5 Å². The summed E-state index contributed by atoms with van der Waals surface area (Å²) in [7, 11) is -2.41. The zero-order valence-corrected chi connectivity index (χ0v) is 95.4. The number of thiazole rings is 5. The van der Waals surface area contributed by atoms with Gasteiger partial charge in [0.15, 0.2) is 0 Å². The molecule has 0 amide bonds. The summed E-state index contributed by atoms with van der Waals surface area (Å²) in [4.78, 5) is 54.7. The molecule has 0 N–H and O–H groups in total. The van der Waals surface area contributed by atoms with E-state index in [9.17, 15) is 27.4 Å². The van der Waals surface area contributed by atoms with Crippen molar-refractivity contribution in [1.82, 2.24) is 13.7 Å². The summed E-state index contributed by atoms with van der Waals surface area (Å²) in [6.07, 6.45) is 21.8. The van der Waals surface area contributed by atoms with Crippen molar-refractivity contribution >= 4 is 249 Å². The number of nitrogens with zero attached hydrogens (tertiary/aromatic N) is 11. The summed E-state index contributed by atoms with van der Waals surface area (Å²) < 4.78 is 56.1. The maximum Gasteiger partial charge on any atom is 0.124 e. The van der Waals surface area contributed by atoms with E-state index in [0.29, 0.717) is 36.7 Å². The Morgan fingerprint density at radius 1 is 0.378 bits per heavy atom. The second-order valence-electron chi connectivity index (χ2n) is 33.2. The van der Waals surface area contributed by atoms with Crippen LogP contribution in [0.2, 0.25) is 0 Å². The Balaban J connectivity index is 0.000000133. The Morgan fingerprint density at radius 2 is 0.874 bits per heavy atom. The first-order valence-corrected chi connectivity index (χ1v) is 57.9. The van der Waals surface area contributed by atoms with E-state index in [0.717, 1.165) is 113 Å². The van der Waals surface area contributed by atoms with E-state index < -0.39 is 10.1 Å². The van der Waals surface area contributed by atoms with Crippen LogP contribution in [0.3, 0.4) is 0 Å². The largest absolute Gasteiger partial charge is 1.00 e. The molecule has 7 aromatic heterocycles. The number of benzene rings is 11. The van der Waals surface area contributed by atoms with Gasteiger partial charge in [-0.1, -0.05) is 179 Å². The van der Waals surface area contributed by atoms with Gasteiger partial charge in [-0.3, -0.25) is 23.5 Å². The summed E-state index contributed by atoms with van der Waals surface area (Å²) in [5.74, 6) is 0. The van der Waals surface area contributed by atoms with Gasteiger partial charge in [-0.15, -0.1) is 34.0 Å². The van der Waals surface area contributed by atoms with Gasteiger partial charge in [0.2, 0.25) is 22.2 Å². The zero-order valence-electron chi connectivity index (χ0n) is 81.2. The second-order valence-corrected chi connectivity index (χ2v) is 46.2. The number of para-hydroxylation sites is 6. The molecule has 11 aromatic carbocycles. The Kier molecular flexibility index (Phi) is 35.1. The van der Waals surface area contributed by atoms with Gasteiger partial charge in [-0.2, -0.15) is 13.7 Å². The summed E-state index contributed by atoms with van der Waals surface area (Å²) in [6, 6.07) is 87.5. The van der Waals surface area contributed by atoms with Gasteiger partial charge in [0.05, 0.1) is 42.6 Å². The van der Waals surface area contributed by atoms with Gasteiger partial charge < -0.3 is 71.8 Å². The van der Waals surface area contributed by atoms with Crippen molar-refractivity contribution < 1.29 is 79.2 Å². The molecule has 22 rings (SSSR count). The number of thioether (sulfide) groups is 4. The summed E-state index contributed by atoms with van der Waals surface area (Å²) in [5, 5.41) is 13.5. The average Bonchev–Trinajstić information content (AvgIpc) is 1.59. The monoisotopic (exact) mass is 2370 g/mol. The SMILES string of the molecule is CCN1/C(=C/C=C/c2sc3cc4ccccc4cc3[n+]2CC)Sc2cc3ccccc3cc21.CCN1/C(=C/C=c2/s/c(=C\c3sc4ccccc4[n+]3CC)n(C)c2=O)Sc2ccccc21.CCN1/C(=c2/s/c(=c3\s/c(=C\c4ccc5ccccc5[n+]4CC)n(CC)c3=O)n(CC)c2=O)Sc2ccccc21.CCN1C(=CC=Cc2[se]c3ccccc3[n+]2CC)Sc2ccccc21.Cc1ccc(S(=O)(=O)[O-])cc1.[I-].[I-]. The first kappa shape index (κ1) is 106. The fraction of sp³-hybridized carbons (Fsp3) is 0.195. The minimum atomic E-state index is -4.27. The van der Waals surface area contributed by atoms with Crippen LogP contribution in [0.4, 0.5) is 22.7 Å². The molecule has 0 unspecified atom stereocenters. The third-order valence-corrected chi connectivity index (χ3v) is 38.6. The van der Waals surface area contributed by atoms with Crippen LogP contribution in [0.25, 0.3) is 98.1 Å². The van der Waals surface area contributed by atoms with Gasteiger partial charge in [-0.05, 0) is 175 Å². The Bertz CT molecular complexity index is 8750. The van der Waals surface area contributed by atoms with Gasteiger partial charge >= 0.3 is 159 Å². The van der Waals surface area contributed by atoms with E-state index >= 15 is 0 Å². The third-order valence-electron chi connectivity index (χ3n) is 24.9. The van der Waals surface area contributed by atoms with Crippen LogP contribution in [0.15, 0.2) is 339 Å². The molecule has 17 nitrogen and oxygen atoms in total. The third kappa shape index (κ3) is 22.3. The van der Waals surface area contributed by atoms with Crippen molar-refractivity contribution in [2.45, 2.75) is 140 Å². The molecule has 0 aliphatic carbocycles. The van der Waals surface area contributed by atoms with E-state index in [4.69, 9.17) is 0 Å². The smallest absolute Gasteiger partial charge is 0.124 e. The first-order valence-electron chi connectivity index (χ1n) is 47.5. The number of fused-ring (bicyclic) bond motifs is 10. The number of allylic oxidation sites excluding steroid dienone is 5. The quantitative estimate of drug-likeness (QED) is 0.0347. The van der Waals surface area contributed by atoms with Crippen molar-refractivity contribution in [3.05, 3.63) is 385 Å². The maximum absolute atomic E-state index is 13.8. The molecule has 4 aliphatic rings. The average molecular weight is 2370 g/mol. The molecule has 0 saturated carbocycles. The molecule has 11 heterocycles. The Labute approximate surface area is 909 Å². The number of hydrogen-bond acceptors (Lipinski definition) is 19. The minimum absolute atomic E-state index is 0. The topological polar surface area (TPSA) is 152 Å². The number of halogens is 2. The second kappa shape index (κ2) is 47.5. The molecule has 30 heteroatoms. The molecule has 0 radical (unpaired) electrons. The molecular weight excluding hydrogens is 2260 g/mol. The summed E-state index contributed by atoms with van der Waals surface area (Å²) >= 11 is 15.6. The fourth-order valence-corrected chi connectivity index (χ4v) is 31.5. The number of aryl methyl sites for hydroxylation is 5. The van der Waals surface area contributed by atoms with Crippen LogP contribution in [-0.2, 0) is 56.4 Å². The van der Waals surface area contributed by atoms with Gasteiger partial charge in [0.1, 0.15) is 67.2 Å². The normalized spacial score (nSPS) is 15.1. The molecular formula is C113H108I2N11O6S10Se+. The van der Waals surface area contributed by atoms with E-state index in [2.05, 4.69) is 366 Å². The number of pyridine rings is 1. The molecule has 0 spiro atoms. The molecule has 0 fully saturated rings. The van der Waals surface area contributed by atoms with Crippen molar-refractivity contribution in [2.24, 2.45) is 7.05 Å². The Morgan fingerprint density at radius 3 is 1.48 bits per heavy atom. The van der Waals surface area contributed by atoms with E-state index in [-0.39, 0.29) is 69.5 Å². The molecule has 18 aromatic rings. The zero-order chi connectivity index (χ0) is 98.3. The fourth-order valence-electron chi connectivity index (χ4n) is 17.9. The standard InChI is InChI=1S/C31H31N4O2S3.C29H25N2S2.C25H24N3OS3.C21H21N2SSe.C7H8O3S.2HI/c1-5-32-21(18-17-20-13-9-10-14-22(20)32)19-25-34(7-3)28(36)26(39-25)31-35(8-4)29(37)27(40-31)30-33(6-2)23-15-11-12-16-24(23)38-30;1-3-30-24-16-20-10-5-7-12-22(20)18-26(24)32-28(30)14-9-15-29-31(4-2)25-17-21-11-6-8-13-23(21)19-27(25)33-29;1-4-27-17-10-6-8-12-19(17)30-22(27)15-14-21-25(29)26(3)23(32-21)16-24-28(5-2)18-11-7-9-13-20(18)31-24;1-3-22-16-10-5-7-12-18(16)24-20(22)14-9-15-21-23(4-2)17-11-6-8-13-19(17)25-21;1-6-2-4-7(5-3-6)11(8,9)10;;/h9-19H,5-8H2,1-4H3;5-19H,3-4H2,1-2H3;6-16H,4-5H2,1-3H3;5-15H,3-4H2,1-2H3;2-5H,1H3,(H,8,9,10);2*1H/q4*+1;;;/p-3/b30-27-,31-26-;;21-14+,22-15-;;;;. The van der Waals surface area contributed by atoms with E-state index in [1.807, 2.05) is 85.5 Å². The Hall–Kier alpha value is -10.2. The number of anilines is 4. The van der Waals surface area contributed by atoms with Crippen LogP contribution in [0.1, 0.15) is 95.1 Å². The van der Waals surface area contributed by atoms with Crippen LogP contribution >= 0.6 is 104 Å². The molecule has 143 heavy (non-hydrogen) atoms. The molecule has 0 saturated heterocycles. The van der Waals surface area contributed by atoms with Gasteiger partial charge in [-0.25, -0.2) is 8.42 Å². The number of aromatic nitrogens is 7. The van der Waals surface area contributed by atoms with Crippen molar-refractivity contribution in [1.29, 1.82) is 0 Å². The molecule has 730 valence electrons. The van der Waals surface area contributed by atoms with Crippen LogP contribution < -0.4 is 121 Å². The van der Waals surface area contributed by atoms with Crippen LogP contribution in [0.5, 0.6) is 0 Å². The predicted molar refractivity (Wildman–Crippen MR) is 599 cm³/mol. The van der Waals surface area contributed by atoms with Gasteiger partial charge in [0.25, 0.3) is 26.7 Å². The predicted octanol–water partition coefficient (Wildman–Crippen LogP) is 16.1. The van der Waals surface area contributed by atoms with Crippen LogP contribution in [0, 0.1) is 16.1 Å². The van der Waals surface area contributed by atoms with Crippen molar-refractivity contribution in [2.75, 3.05) is 45.8 Å². The number of rotatable bonds is 18. The maximum atomic E-state index is 13.8. The van der Waals surface area contributed by atoms with E-state index in [1.165, 1.54) is 143 Å². The minimum Gasteiger partial charge on any atom is -1.00 e. The molecule has 0 bridgehead atoms.